The van der Waals surface area contributed by atoms with Gasteiger partial charge in [-0.05, 0) is 57.9 Å². The van der Waals surface area contributed by atoms with E-state index in [1.165, 1.54) is 57.9 Å². The van der Waals surface area contributed by atoms with Crippen molar-refractivity contribution < 1.29 is 4.74 Å². The predicted molar refractivity (Wildman–Crippen MR) is 63.1 cm³/mol. The maximum Gasteiger partial charge on any atom is 0.0575 e. The first-order valence-electron chi connectivity index (χ1n) is 6.71. The van der Waals surface area contributed by atoms with Crippen LogP contribution in [0.3, 0.4) is 0 Å². The van der Waals surface area contributed by atoms with Crippen LogP contribution < -0.4 is 5.32 Å². The summed E-state index contributed by atoms with van der Waals surface area (Å²) in [4.78, 5) is 0. The Hall–Kier alpha value is -0.0800. The lowest BCUT2D eigenvalue weighted by Gasteiger charge is -2.31. The summed E-state index contributed by atoms with van der Waals surface area (Å²) >= 11 is 0. The molecule has 0 spiro atoms. The molecule has 0 radical (unpaired) electrons. The zero-order valence-corrected chi connectivity index (χ0v) is 10.1. The SMILES string of the molecule is CCC1(CCC2CCCCO2)CCCN1. The molecule has 88 valence electrons. The normalized spacial score (nSPS) is 37.0. The summed E-state index contributed by atoms with van der Waals surface area (Å²) in [5, 5.41) is 3.70. The van der Waals surface area contributed by atoms with Gasteiger partial charge in [-0.2, -0.15) is 0 Å². The molecule has 2 heterocycles. The fourth-order valence-corrected chi connectivity index (χ4v) is 3.03. The highest BCUT2D eigenvalue weighted by molar-refractivity contribution is 4.92. The zero-order chi connectivity index (χ0) is 10.6. The van der Waals surface area contributed by atoms with Crippen LogP contribution in [0.1, 0.15) is 58.3 Å². The van der Waals surface area contributed by atoms with E-state index in [2.05, 4.69) is 12.2 Å². The number of ether oxygens (including phenoxy) is 1. The maximum absolute atomic E-state index is 5.80. The smallest absolute Gasteiger partial charge is 0.0575 e. The minimum absolute atomic E-state index is 0.459. The van der Waals surface area contributed by atoms with Gasteiger partial charge in [0.05, 0.1) is 6.10 Å². The molecule has 2 atom stereocenters. The fraction of sp³-hybridized carbons (Fsp3) is 1.00. The Morgan fingerprint density at radius 1 is 1.33 bits per heavy atom. The van der Waals surface area contributed by atoms with Crippen LogP contribution >= 0.6 is 0 Å². The average molecular weight is 211 g/mol. The maximum atomic E-state index is 5.80. The Morgan fingerprint density at radius 3 is 2.87 bits per heavy atom. The summed E-state index contributed by atoms with van der Waals surface area (Å²) in [6.45, 7) is 4.54. The summed E-state index contributed by atoms with van der Waals surface area (Å²) in [7, 11) is 0. The second-order valence-corrected chi connectivity index (χ2v) is 5.19. The second-order valence-electron chi connectivity index (χ2n) is 5.19. The minimum atomic E-state index is 0.459. The third-order valence-electron chi connectivity index (χ3n) is 4.23. The van der Waals surface area contributed by atoms with E-state index in [9.17, 15) is 0 Å². The Morgan fingerprint density at radius 2 is 2.27 bits per heavy atom. The van der Waals surface area contributed by atoms with Crippen LogP contribution in [0.15, 0.2) is 0 Å². The number of hydrogen-bond acceptors (Lipinski definition) is 2. The van der Waals surface area contributed by atoms with Gasteiger partial charge in [0.15, 0.2) is 0 Å². The molecule has 0 saturated carbocycles. The lowest BCUT2D eigenvalue weighted by Crippen LogP contribution is -2.40. The van der Waals surface area contributed by atoms with Gasteiger partial charge in [-0.15, -0.1) is 0 Å². The van der Waals surface area contributed by atoms with Gasteiger partial charge in [0.1, 0.15) is 0 Å². The van der Waals surface area contributed by atoms with Crippen LogP contribution in [0.2, 0.25) is 0 Å². The molecule has 1 N–H and O–H groups in total. The van der Waals surface area contributed by atoms with Crippen LogP contribution in [-0.4, -0.2) is 24.8 Å². The third-order valence-corrected chi connectivity index (χ3v) is 4.23. The first kappa shape index (κ1) is 11.4. The van der Waals surface area contributed by atoms with Crippen molar-refractivity contribution in [3.63, 3.8) is 0 Å². The van der Waals surface area contributed by atoms with E-state index in [0.717, 1.165) is 6.61 Å². The Labute approximate surface area is 93.8 Å². The van der Waals surface area contributed by atoms with Gasteiger partial charge in [0.25, 0.3) is 0 Å². The Kier molecular flexibility index (Phi) is 4.04. The van der Waals surface area contributed by atoms with E-state index in [1.807, 2.05) is 0 Å². The highest BCUT2D eigenvalue weighted by Gasteiger charge is 2.31. The number of hydrogen-bond donors (Lipinski definition) is 1. The van der Waals surface area contributed by atoms with Gasteiger partial charge in [0, 0.05) is 12.1 Å². The second kappa shape index (κ2) is 5.31. The highest BCUT2D eigenvalue weighted by Crippen LogP contribution is 2.30. The molecule has 2 aliphatic rings. The van der Waals surface area contributed by atoms with Crippen molar-refractivity contribution in [2.45, 2.75) is 69.9 Å². The van der Waals surface area contributed by atoms with Crippen molar-refractivity contribution in [2.75, 3.05) is 13.2 Å². The molecule has 0 aromatic carbocycles. The van der Waals surface area contributed by atoms with Gasteiger partial charge < -0.3 is 10.1 Å². The predicted octanol–water partition coefficient (Wildman–Crippen LogP) is 2.87. The largest absolute Gasteiger partial charge is 0.378 e. The molecular formula is C13H25NO. The van der Waals surface area contributed by atoms with Crippen molar-refractivity contribution >= 4 is 0 Å². The first-order valence-corrected chi connectivity index (χ1v) is 6.71. The van der Waals surface area contributed by atoms with Crippen molar-refractivity contribution in [1.82, 2.24) is 5.32 Å². The van der Waals surface area contributed by atoms with Gasteiger partial charge in [-0.3, -0.25) is 0 Å². The summed E-state index contributed by atoms with van der Waals surface area (Å²) in [5.41, 5.74) is 0.459. The van der Waals surface area contributed by atoms with Crippen LogP contribution in [0.25, 0.3) is 0 Å². The van der Waals surface area contributed by atoms with Gasteiger partial charge >= 0.3 is 0 Å². The highest BCUT2D eigenvalue weighted by atomic mass is 16.5. The van der Waals surface area contributed by atoms with Crippen LogP contribution in [-0.2, 0) is 4.74 Å². The molecule has 2 rings (SSSR count). The molecule has 15 heavy (non-hydrogen) atoms. The lowest BCUT2D eigenvalue weighted by molar-refractivity contribution is 0.00567. The summed E-state index contributed by atoms with van der Waals surface area (Å²) in [5.74, 6) is 0. The van der Waals surface area contributed by atoms with Crippen LogP contribution in [0.5, 0.6) is 0 Å². The molecule has 0 aromatic rings. The summed E-state index contributed by atoms with van der Waals surface area (Å²) in [6.07, 6.45) is 11.1. The zero-order valence-electron chi connectivity index (χ0n) is 10.1. The summed E-state index contributed by atoms with van der Waals surface area (Å²) in [6, 6.07) is 0. The fourth-order valence-electron chi connectivity index (χ4n) is 3.03. The Balaban J connectivity index is 1.75. The molecule has 2 nitrogen and oxygen atoms in total. The van der Waals surface area contributed by atoms with Crippen LogP contribution in [0, 0.1) is 0 Å². The number of nitrogens with one attached hydrogen (secondary N) is 1. The van der Waals surface area contributed by atoms with Gasteiger partial charge in [0.2, 0.25) is 0 Å². The first-order chi connectivity index (χ1) is 7.35. The van der Waals surface area contributed by atoms with E-state index in [4.69, 9.17) is 4.74 Å². The minimum Gasteiger partial charge on any atom is -0.378 e. The molecule has 0 bridgehead atoms. The third kappa shape index (κ3) is 2.94. The standard InChI is InChI=1S/C13H25NO/c1-2-13(8-5-10-14-13)9-7-12-6-3-4-11-15-12/h12,14H,2-11H2,1H3. The molecule has 2 fully saturated rings. The molecule has 0 amide bonds. The van der Waals surface area contributed by atoms with Gasteiger partial charge in [-0.1, -0.05) is 6.92 Å². The van der Waals surface area contributed by atoms with Gasteiger partial charge in [-0.25, -0.2) is 0 Å². The molecule has 2 saturated heterocycles. The molecule has 2 unspecified atom stereocenters. The van der Waals surface area contributed by atoms with E-state index >= 15 is 0 Å². The van der Waals surface area contributed by atoms with Crippen molar-refractivity contribution in [3.05, 3.63) is 0 Å². The molecule has 2 aliphatic heterocycles. The van der Waals surface area contributed by atoms with E-state index in [-0.39, 0.29) is 0 Å². The molecule has 0 aliphatic carbocycles. The van der Waals surface area contributed by atoms with Crippen LogP contribution in [0.4, 0.5) is 0 Å². The monoisotopic (exact) mass is 211 g/mol. The van der Waals surface area contributed by atoms with E-state index in [1.54, 1.807) is 0 Å². The van der Waals surface area contributed by atoms with Crippen molar-refractivity contribution in [1.29, 1.82) is 0 Å². The topological polar surface area (TPSA) is 21.3 Å². The summed E-state index contributed by atoms with van der Waals surface area (Å²) < 4.78 is 5.80. The average Bonchev–Trinajstić information content (AvgIpc) is 2.77. The molecule has 2 heteroatoms. The molecule has 0 aromatic heterocycles. The van der Waals surface area contributed by atoms with E-state index in [0.29, 0.717) is 11.6 Å². The van der Waals surface area contributed by atoms with Crippen molar-refractivity contribution in [2.24, 2.45) is 0 Å². The molecular weight excluding hydrogens is 186 g/mol. The lowest BCUT2D eigenvalue weighted by atomic mass is 9.87. The van der Waals surface area contributed by atoms with E-state index < -0.39 is 0 Å². The Bertz CT molecular complexity index is 181. The number of rotatable bonds is 4. The van der Waals surface area contributed by atoms with Crippen molar-refractivity contribution in [3.8, 4) is 0 Å². The quantitative estimate of drug-likeness (QED) is 0.772.